The third kappa shape index (κ3) is 5.69. The minimum atomic E-state index is -0.694. The molecule has 34 heavy (non-hydrogen) atoms. The molecule has 3 rings (SSSR count). The Labute approximate surface area is 206 Å². The summed E-state index contributed by atoms with van der Waals surface area (Å²) >= 11 is 5.98. The van der Waals surface area contributed by atoms with Crippen molar-refractivity contribution in [2.24, 2.45) is 0 Å². The van der Waals surface area contributed by atoms with Crippen molar-refractivity contribution in [3.63, 3.8) is 0 Å². The maximum atomic E-state index is 13.1. The molecule has 180 valence electrons. The first-order valence-electron chi connectivity index (χ1n) is 11.5. The van der Waals surface area contributed by atoms with Gasteiger partial charge >= 0.3 is 0 Å². The SMILES string of the molecule is C=CCOc1ccc([C@@H]2C(=C(O)c3ccc(Cl)cc3)C(=O)C(=O)N2CCCN(CC)CC)cc1. The quantitative estimate of drug-likeness (QED) is 0.210. The van der Waals surface area contributed by atoms with Crippen LogP contribution in [0, 0.1) is 0 Å². The summed E-state index contributed by atoms with van der Waals surface area (Å²) in [6, 6.07) is 13.1. The van der Waals surface area contributed by atoms with Crippen LogP contribution in [0.1, 0.15) is 37.4 Å². The topological polar surface area (TPSA) is 70.1 Å². The van der Waals surface area contributed by atoms with Crippen molar-refractivity contribution in [2.45, 2.75) is 26.3 Å². The zero-order valence-electron chi connectivity index (χ0n) is 19.7. The van der Waals surface area contributed by atoms with Crippen LogP contribution in [0.2, 0.25) is 5.02 Å². The van der Waals surface area contributed by atoms with Gasteiger partial charge in [-0.25, -0.2) is 0 Å². The van der Waals surface area contributed by atoms with E-state index in [0.29, 0.717) is 35.9 Å². The molecule has 1 atom stereocenters. The molecule has 1 aliphatic heterocycles. The molecule has 2 aromatic carbocycles. The fourth-order valence-electron chi connectivity index (χ4n) is 4.13. The number of halogens is 1. The van der Waals surface area contributed by atoms with E-state index in [1.54, 1.807) is 47.4 Å². The van der Waals surface area contributed by atoms with Crippen LogP contribution in [-0.2, 0) is 9.59 Å². The number of hydrogen-bond donors (Lipinski definition) is 1. The maximum absolute atomic E-state index is 13.1. The van der Waals surface area contributed by atoms with Gasteiger partial charge in [0.25, 0.3) is 11.7 Å². The molecule has 1 amide bonds. The number of carbonyl (C=O) groups excluding carboxylic acids is 2. The summed E-state index contributed by atoms with van der Waals surface area (Å²) in [6.45, 7) is 11.3. The number of carbonyl (C=O) groups is 2. The zero-order valence-corrected chi connectivity index (χ0v) is 20.4. The molecule has 1 aliphatic rings. The highest BCUT2D eigenvalue weighted by atomic mass is 35.5. The first-order valence-corrected chi connectivity index (χ1v) is 11.9. The van der Waals surface area contributed by atoms with Gasteiger partial charge in [-0.3, -0.25) is 9.59 Å². The fourth-order valence-corrected chi connectivity index (χ4v) is 4.25. The summed E-state index contributed by atoms with van der Waals surface area (Å²) in [4.78, 5) is 30.0. The second-order valence-electron chi connectivity index (χ2n) is 8.05. The smallest absolute Gasteiger partial charge is 0.295 e. The number of rotatable bonds is 11. The lowest BCUT2D eigenvalue weighted by Crippen LogP contribution is -2.33. The Hall–Kier alpha value is -3.09. The molecule has 0 bridgehead atoms. The molecule has 6 nitrogen and oxygen atoms in total. The molecule has 7 heteroatoms. The number of hydrogen-bond acceptors (Lipinski definition) is 5. The molecule has 0 radical (unpaired) electrons. The Kier molecular flexibility index (Phi) is 8.91. The van der Waals surface area contributed by atoms with Gasteiger partial charge < -0.3 is 19.6 Å². The zero-order chi connectivity index (χ0) is 24.7. The lowest BCUT2D eigenvalue weighted by atomic mass is 9.95. The summed E-state index contributed by atoms with van der Waals surface area (Å²) < 4.78 is 5.57. The Morgan fingerprint density at radius 1 is 1.12 bits per heavy atom. The summed E-state index contributed by atoms with van der Waals surface area (Å²) in [5.74, 6) is -0.850. The van der Waals surface area contributed by atoms with Gasteiger partial charge in [-0.2, -0.15) is 0 Å². The van der Waals surface area contributed by atoms with Gasteiger partial charge in [0.1, 0.15) is 18.1 Å². The first kappa shape index (κ1) is 25.5. The Morgan fingerprint density at radius 3 is 2.35 bits per heavy atom. The van der Waals surface area contributed by atoms with E-state index in [0.717, 1.165) is 25.2 Å². The van der Waals surface area contributed by atoms with Crippen molar-refractivity contribution in [1.82, 2.24) is 9.80 Å². The molecule has 0 spiro atoms. The highest BCUT2D eigenvalue weighted by Gasteiger charge is 2.45. The number of ether oxygens (including phenoxy) is 1. The van der Waals surface area contributed by atoms with Crippen molar-refractivity contribution in [3.05, 3.63) is 82.9 Å². The summed E-state index contributed by atoms with van der Waals surface area (Å²) in [5.41, 5.74) is 1.24. The van der Waals surface area contributed by atoms with Gasteiger partial charge in [0.2, 0.25) is 0 Å². The van der Waals surface area contributed by atoms with E-state index < -0.39 is 17.7 Å². The number of aliphatic hydroxyl groups excluding tert-OH is 1. The number of aliphatic hydroxyl groups is 1. The van der Waals surface area contributed by atoms with E-state index in [1.165, 1.54) is 0 Å². The van der Waals surface area contributed by atoms with Crippen molar-refractivity contribution in [1.29, 1.82) is 0 Å². The Bertz CT molecular complexity index is 1040. The molecule has 0 saturated carbocycles. The third-order valence-electron chi connectivity index (χ3n) is 5.99. The van der Waals surface area contributed by atoms with Crippen LogP contribution in [0.15, 0.2) is 66.8 Å². The fraction of sp³-hybridized carbons (Fsp3) is 0.333. The normalized spacial score (nSPS) is 17.4. The minimum absolute atomic E-state index is 0.0786. The van der Waals surface area contributed by atoms with E-state index in [2.05, 4.69) is 25.3 Å². The highest BCUT2D eigenvalue weighted by Crippen LogP contribution is 2.40. The molecule has 0 aliphatic carbocycles. The van der Waals surface area contributed by atoms with Gasteiger partial charge in [0.05, 0.1) is 11.6 Å². The van der Waals surface area contributed by atoms with Gasteiger partial charge in [-0.1, -0.05) is 50.2 Å². The van der Waals surface area contributed by atoms with Crippen molar-refractivity contribution in [2.75, 3.05) is 32.8 Å². The van der Waals surface area contributed by atoms with E-state index in [1.807, 2.05) is 12.1 Å². The van der Waals surface area contributed by atoms with Crippen LogP contribution in [0.25, 0.3) is 5.76 Å². The van der Waals surface area contributed by atoms with Crippen LogP contribution in [0.5, 0.6) is 5.75 Å². The number of benzene rings is 2. The van der Waals surface area contributed by atoms with Crippen LogP contribution in [0.3, 0.4) is 0 Å². The first-order chi connectivity index (χ1) is 16.4. The number of nitrogens with zero attached hydrogens (tertiary/aromatic N) is 2. The molecule has 1 saturated heterocycles. The lowest BCUT2D eigenvalue weighted by Gasteiger charge is -2.27. The van der Waals surface area contributed by atoms with E-state index in [9.17, 15) is 14.7 Å². The van der Waals surface area contributed by atoms with E-state index in [4.69, 9.17) is 16.3 Å². The van der Waals surface area contributed by atoms with Crippen LogP contribution in [0.4, 0.5) is 0 Å². The predicted molar refractivity (Wildman–Crippen MR) is 135 cm³/mol. The standard InChI is InChI=1S/C27H31ClN2O4/c1-4-18-34-22-14-10-19(11-15-22)24-23(25(31)20-8-12-21(28)13-9-20)26(32)27(33)30(24)17-7-16-29(5-2)6-3/h4,8-15,24,31H,1,5-7,16-18H2,2-3H3/t24-/m1/s1. The summed E-state index contributed by atoms with van der Waals surface area (Å²) in [5, 5.41) is 11.6. The molecule has 1 N–H and O–H groups in total. The number of Topliss-reactive ketones (excluding diaryl/α,β-unsaturated/α-hetero) is 1. The van der Waals surface area contributed by atoms with Gasteiger partial charge in [0, 0.05) is 17.1 Å². The molecule has 0 unspecified atom stereocenters. The van der Waals surface area contributed by atoms with Crippen molar-refractivity contribution < 1.29 is 19.4 Å². The van der Waals surface area contributed by atoms with E-state index >= 15 is 0 Å². The molecular formula is C27H31ClN2O4. The largest absolute Gasteiger partial charge is 0.507 e. The average Bonchev–Trinajstić information content (AvgIpc) is 3.10. The van der Waals surface area contributed by atoms with Crippen molar-refractivity contribution >= 4 is 29.1 Å². The summed E-state index contributed by atoms with van der Waals surface area (Å²) in [7, 11) is 0. The molecule has 1 fully saturated rings. The summed E-state index contributed by atoms with van der Waals surface area (Å²) in [6.07, 6.45) is 2.37. The van der Waals surface area contributed by atoms with Crippen LogP contribution >= 0.6 is 11.6 Å². The molecule has 0 aromatic heterocycles. The van der Waals surface area contributed by atoms with Crippen LogP contribution < -0.4 is 4.74 Å². The number of likely N-dealkylation sites (tertiary alicyclic amines) is 1. The molecular weight excluding hydrogens is 452 g/mol. The molecule has 1 heterocycles. The second-order valence-corrected chi connectivity index (χ2v) is 8.48. The number of amides is 1. The third-order valence-corrected chi connectivity index (χ3v) is 6.24. The minimum Gasteiger partial charge on any atom is -0.507 e. The Balaban J connectivity index is 2.00. The monoisotopic (exact) mass is 482 g/mol. The lowest BCUT2D eigenvalue weighted by molar-refractivity contribution is -0.140. The highest BCUT2D eigenvalue weighted by molar-refractivity contribution is 6.46. The predicted octanol–water partition coefficient (Wildman–Crippen LogP) is 5.06. The molecule has 2 aromatic rings. The van der Waals surface area contributed by atoms with Crippen LogP contribution in [-0.4, -0.2) is 59.4 Å². The van der Waals surface area contributed by atoms with Gasteiger partial charge in [-0.15, -0.1) is 0 Å². The average molecular weight is 483 g/mol. The van der Waals surface area contributed by atoms with E-state index in [-0.39, 0.29) is 11.3 Å². The van der Waals surface area contributed by atoms with Gasteiger partial charge in [0.15, 0.2) is 0 Å². The second kappa shape index (κ2) is 11.9. The maximum Gasteiger partial charge on any atom is 0.295 e. The van der Waals surface area contributed by atoms with Gasteiger partial charge in [-0.05, 0) is 68.0 Å². The van der Waals surface area contributed by atoms with Crippen molar-refractivity contribution in [3.8, 4) is 5.75 Å². The number of ketones is 1. The Morgan fingerprint density at radius 2 is 1.76 bits per heavy atom.